The maximum atomic E-state index is 5.92. The van der Waals surface area contributed by atoms with Crippen molar-refractivity contribution in [3.05, 3.63) is 0 Å². The molecule has 2 N–H and O–H groups in total. The molecule has 0 aromatic rings. The van der Waals surface area contributed by atoms with Crippen LogP contribution in [0.25, 0.3) is 0 Å². The largest absolute Gasteiger partial charge is 0.375 e. The predicted molar refractivity (Wildman–Crippen MR) is 45.9 cm³/mol. The lowest BCUT2D eigenvalue weighted by atomic mass is 9.93. The minimum Gasteiger partial charge on any atom is -0.375 e. The molecule has 0 aromatic carbocycles. The Bertz CT molecular complexity index is 174. The molecule has 0 aromatic heterocycles. The molecule has 70 valence electrons. The molecule has 0 aliphatic carbocycles. The van der Waals surface area contributed by atoms with Crippen LogP contribution >= 0.6 is 0 Å². The highest BCUT2D eigenvalue weighted by Crippen LogP contribution is 2.40. The van der Waals surface area contributed by atoms with E-state index in [0.29, 0.717) is 6.54 Å². The van der Waals surface area contributed by atoms with E-state index in [0.717, 1.165) is 25.9 Å². The predicted octanol–water partition coefficient (Wildman–Crippen LogP) is 0.672. The summed E-state index contributed by atoms with van der Waals surface area (Å²) >= 11 is 0. The fourth-order valence-electron chi connectivity index (χ4n) is 2.27. The van der Waals surface area contributed by atoms with Gasteiger partial charge in [0.2, 0.25) is 0 Å². The van der Waals surface area contributed by atoms with Gasteiger partial charge in [0.1, 0.15) is 0 Å². The Kier molecular flexibility index (Phi) is 2.10. The van der Waals surface area contributed by atoms with Crippen LogP contribution in [-0.4, -0.2) is 31.0 Å². The van der Waals surface area contributed by atoms with Gasteiger partial charge in [-0.25, -0.2) is 0 Å². The van der Waals surface area contributed by atoms with E-state index in [1.807, 2.05) is 0 Å². The first-order valence-electron chi connectivity index (χ1n) is 4.76. The monoisotopic (exact) mass is 171 g/mol. The Morgan fingerprint density at radius 3 is 2.83 bits per heavy atom. The summed E-state index contributed by atoms with van der Waals surface area (Å²) < 4.78 is 11.4. The van der Waals surface area contributed by atoms with Crippen molar-refractivity contribution in [1.82, 2.24) is 0 Å². The van der Waals surface area contributed by atoms with Gasteiger partial charge in [0, 0.05) is 19.6 Å². The molecule has 1 spiro atoms. The maximum absolute atomic E-state index is 5.92. The van der Waals surface area contributed by atoms with Crippen LogP contribution in [-0.2, 0) is 9.47 Å². The molecule has 0 amide bonds. The van der Waals surface area contributed by atoms with Crippen molar-refractivity contribution in [3.63, 3.8) is 0 Å². The lowest BCUT2D eigenvalue weighted by Crippen LogP contribution is -2.37. The standard InChI is InChI=1S/C9H17NO2/c1-7-9(4-5-11-7)3-2-8(6-10)12-9/h7-8H,2-6,10H2,1H3. The summed E-state index contributed by atoms with van der Waals surface area (Å²) in [6.07, 6.45) is 3.80. The normalized spacial score (nSPS) is 47.5. The van der Waals surface area contributed by atoms with Gasteiger partial charge in [-0.3, -0.25) is 0 Å². The molecule has 2 aliphatic heterocycles. The molecular formula is C9H17NO2. The van der Waals surface area contributed by atoms with E-state index in [1.165, 1.54) is 0 Å². The number of ether oxygens (including phenoxy) is 2. The average molecular weight is 171 g/mol. The van der Waals surface area contributed by atoms with Crippen LogP contribution in [0.4, 0.5) is 0 Å². The second-order valence-corrected chi connectivity index (χ2v) is 3.84. The molecule has 2 saturated heterocycles. The van der Waals surface area contributed by atoms with Crippen LogP contribution in [0, 0.1) is 0 Å². The smallest absolute Gasteiger partial charge is 0.0967 e. The van der Waals surface area contributed by atoms with Gasteiger partial charge < -0.3 is 15.2 Å². The molecule has 0 bridgehead atoms. The van der Waals surface area contributed by atoms with Gasteiger partial charge in [-0.1, -0.05) is 0 Å². The van der Waals surface area contributed by atoms with Gasteiger partial charge in [0.25, 0.3) is 0 Å². The topological polar surface area (TPSA) is 44.5 Å². The lowest BCUT2D eigenvalue weighted by molar-refractivity contribution is -0.0753. The van der Waals surface area contributed by atoms with E-state index in [2.05, 4.69) is 6.92 Å². The van der Waals surface area contributed by atoms with E-state index in [9.17, 15) is 0 Å². The molecule has 2 fully saturated rings. The first kappa shape index (κ1) is 8.48. The Labute approximate surface area is 73.2 Å². The van der Waals surface area contributed by atoms with Gasteiger partial charge >= 0.3 is 0 Å². The van der Waals surface area contributed by atoms with Crippen LogP contribution < -0.4 is 5.73 Å². The van der Waals surface area contributed by atoms with Crippen molar-refractivity contribution in [1.29, 1.82) is 0 Å². The zero-order chi connectivity index (χ0) is 8.60. The van der Waals surface area contributed by atoms with Gasteiger partial charge in [0.05, 0.1) is 17.8 Å². The second-order valence-electron chi connectivity index (χ2n) is 3.84. The van der Waals surface area contributed by atoms with Crippen molar-refractivity contribution in [2.45, 2.75) is 44.0 Å². The number of nitrogens with two attached hydrogens (primary N) is 1. The summed E-state index contributed by atoms with van der Waals surface area (Å²) in [7, 11) is 0. The molecule has 12 heavy (non-hydrogen) atoms. The molecule has 3 nitrogen and oxygen atoms in total. The molecule has 3 unspecified atom stereocenters. The first-order valence-corrected chi connectivity index (χ1v) is 4.76. The van der Waals surface area contributed by atoms with Crippen molar-refractivity contribution < 1.29 is 9.47 Å². The summed E-state index contributed by atoms with van der Waals surface area (Å²) in [5.41, 5.74) is 5.58. The van der Waals surface area contributed by atoms with Crippen molar-refractivity contribution in [2.75, 3.05) is 13.2 Å². The number of rotatable bonds is 1. The minimum atomic E-state index is 0.0179. The zero-order valence-corrected chi connectivity index (χ0v) is 7.58. The molecule has 2 aliphatic rings. The molecule has 0 saturated carbocycles. The van der Waals surface area contributed by atoms with Crippen LogP contribution in [0.3, 0.4) is 0 Å². The van der Waals surface area contributed by atoms with Gasteiger partial charge in [-0.15, -0.1) is 0 Å². The van der Waals surface area contributed by atoms with Crippen molar-refractivity contribution in [3.8, 4) is 0 Å². The van der Waals surface area contributed by atoms with E-state index in [1.54, 1.807) is 0 Å². The third-order valence-corrected chi connectivity index (χ3v) is 3.19. The first-order chi connectivity index (χ1) is 5.77. The average Bonchev–Trinajstić information content (AvgIpc) is 2.63. The zero-order valence-electron chi connectivity index (χ0n) is 7.58. The molecule has 3 heteroatoms. The van der Waals surface area contributed by atoms with Gasteiger partial charge in [-0.05, 0) is 19.8 Å². The van der Waals surface area contributed by atoms with Crippen LogP contribution in [0.2, 0.25) is 0 Å². The van der Waals surface area contributed by atoms with E-state index in [-0.39, 0.29) is 17.8 Å². The summed E-state index contributed by atoms with van der Waals surface area (Å²) in [5.74, 6) is 0. The van der Waals surface area contributed by atoms with Gasteiger partial charge in [0.15, 0.2) is 0 Å². The highest BCUT2D eigenvalue weighted by atomic mass is 16.6. The Hall–Kier alpha value is -0.120. The molecule has 2 rings (SSSR count). The van der Waals surface area contributed by atoms with Crippen LogP contribution in [0.5, 0.6) is 0 Å². The Morgan fingerprint density at radius 2 is 2.33 bits per heavy atom. The van der Waals surface area contributed by atoms with E-state index in [4.69, 9.17) is 15.2 Å². The van der Waals surface area contributed by atoms with Crippen LogP contribution in [0.15, 0.2) is 0 Å². The summed E-state index contributed by atoms with van der Waals surface area (Å²) in [4.78, 5) is 0. The quantitative estimate of drug-likeness (QED) is 0.630. The second kappa shape index (κ2) is 2.98. The number of hydrogen-bond donors (Lipinski definition) is 1. The lowest BCUT2D eigenvalue weighted by Gasteiger charge is -2.27. The Morgan fingerprint density at radius 1 is 1.50 bits per heavy atom. The highest BCUT2D eigenvalue weighted by Gasteiger charge is 2.47. The van der Waals surface area contributed by atoms with Crippen molar-refractivity contribution in [2.24, 2.45) is 5.73 Å². The van der Waals surface area contributed by atoms with E-state index < -0.39 is 0 Å². The molecule has 0 radical (unpaired) electrons. The minimum absolute atomic E-state index is 0.0179. The molecular weight excluding hydrogens is 154 g/mol. The fourth-order valence-corrected chi connectivity index (χ4v) is 2.27. The van der Waals surface area contributed by atoms with Crippen molar-refractivity contribution >= 4 is 0 Å². The SMILES string of the molecule is CC1OCCC12CCC(CN)O2. The Balaban J connectivity index is 2.04. The highest BCUT2D eigenvalue weighted by molar-refractivity contribution is 4.97. The third kappa shape index (κ3) is 1.16. The third-order valence-electron chi connectivity index (χ3n) is 3.19. The summed E-state index contributed by atoms with van der Waals surface area (Å²) in [6.45, 7) is 3.60. The number of hydrogen-bond acceptors (Lipinski definition) is 3. The molecule has 3 atom stereocenters. The summed E-state index contributed by atoms with van der Waals surface area (Å²) in [6, 6.07) is 0. The molecule has 2 heterocycles. The summed E-state index contributed by atoms with van der Waals surface area (Å²) in [5, 5.41) is 0. The maximum Gasteiger partial charge on any atom is 0.0967 e. The van der Waals surface area contributed by atoms with Crippen LogP contribution in [0.1, 0.15) is 26.2 Å². The fraction of sp³-hybridized carbons (Fsp3) is 1.00. The van der Waals surface area contributed by atoms with E-state index >= 15 is 0 Å². The van der Waals surface area contributed by atoms with Gasteiger partial charge in [-0.2, -0.15) is 0 Å².